The van der Waals surface area contributed by atoms with E-state index in [0.29, 0.717) is 41.9 Å². The minimum atomic E-state index is -1.15. The van der Waals surface area contributed by atoms with Crippen LogP contribution in [-0.2, 0) is 28.6 Å². The highest BCUT2D eigenvalue weighted by Crippen LogP contribution is 2.31. The summed E-state index contributed by atoms with van der Waals surface area (Å²) in [6.07, 6.45) is 3.01. The maximum Gasteiger partial charge on any atom is 0.310 e. The van der Waals surface area contributed by atoms with Crippen molar-refractivity contribution in [3.05, 3.63) is 34.4 Å². The summed E-state index contributed by atoms with van der Waals surface area (Å²) in [4.78, 5) is 35.1. The summed E-state index contributed by atoms with van der Waals surface area (Å²) in [6.45, 7) is 4.64. The predicted octanol–water partition coefficient (Wildman–Crippen LogP) is 3.41. The molecule has 9 heteroatoms. The number of carbonyl (C=O) groups excluding carboxylic acids is 2. The van der Waals surface area contributed by atoms with Gasteiger partial charge >= 0.3 is 17.9 Å². The summed E-state index contributed by atoms with van der Waals surface area (Å²) in [5.41, 5.74) is 1.17. The number of halogens is 1. The van der Waals surface area contributed by atoms with Crippen molar-refractivity contribution in [1.82, 2.24) is 0 Å². The van der Waals surface area contributed by atoms with E-state index in [1.54, 1.807) is 13.8 Å². The third-order valence-electron chi connectivity index (χ3n) is 5.37. The van der Waals surface area contributed by atoms with Gasteiger partial charge in [-0.2, -0.15) is 0 Å². The van der Waals surface area contributed by atoms with Gasteiger partial charge in [-0.05, 0) is 38.7 Å². The lowest BCUT2D eigenvalue weighted by Crippen LogP contribution is -2.37. The molecule has 0 amide bonds. The van der Waals surface area contributed by atoms with Gasteiger partial charge in [0.05, 0.1) is 18.9 Å². The van der Waals surface area contributed by atoms with E-state index in [2.05, 4.69) is 0 Å². The van der Waals surface area contributed by atoms with Gasteiger partial charge in [-0.15, -0.1) is 0 Å². The second-order valence-electron chi connectivity index (χ2n) is 8.24. The highest BCUT2D eigenvalue weighted by molar-refractivity contribution is 6.29. The number of esters is 2. The Bertz CT molecular complexity index is 800. The summed E-state index contributed by atoms with van der Waals surface area (Å²) in [7, 11) is 0. The van der Waals surface area contributed by atoms with Crippen molar-refractivity contribution in [2.24, 2.45) is 0 Å². The zero-order chi connectivity index (χ0) is 23.8. The first-order chi connectivity index (χ1) is 15.0. The van der Waals surface area contributed by atoms with Gasteiger partial charge in [-0.1, -0.05) is 35.4 Å². The van der Waals surface area contributed by atoms with Crippen molar-refractivity contribution in [3.63, 3.8) is 0 Å². The Kier molecular flexibility index (Phi) is 9.93. The molecule has 2 bridgehead atoms. The fourth-order valence-corrected chi connectivity index (χ4v) is 4.01. The molecule has 2 heterocycles. The Balaban J connectivity index is 2.25. The molecule has 2 rings (SSSR count). The van der Waals surface area contributed by atoms with E-state index in [1.807, 2.05) is 12.2 Å². The number of carboxylic acids is 1. The molecule has 2 aliphatic rings. The number of hydrogen-bond acceptors (Lipinski definition) is 7. The van der Waals surface area contributed by atoms with E-state index in [-0.39, 0.29) is 18.9 Å². The number of ether oxygens (including phenoxy) is 3. The fraction of sp³-hybridized carbons (Fsp3) is 0.609. The maximum absolute atomic E-state index is 12.7. The Hall–Kier alpha value is -2.16. The van der Waals surface area contributed by atoms with Gasteiger partial charge in [-0.25, -0.2) is 0 Å². The molecule has 0 aromatic heterocycles. The molecule has 5 atom stereocenters. The number of aliphatic carboxylic acids is 1. The van der Waals surface area contributed by atoms with E-state index in [1.165, 1.54) is 13.0 Å². The number of allylic oxidation sites excluding steroid dienone is 3. The number of carboxylic acid groups (broad SMARTS) is 1. The van der Waals surface area contributed by atoms with Crippen LogP contribution in [0.15, 0.2) is 34.4 Å². The normalized spacial score (nSPS) is 31.9. The van der Waals surface area contributed by atoms with Crippen molar-refractivity contribution in [3.8, 4) is 0 Å². The van der Waals surface area contributed by atoms with Crippen LogP contribution in [0.5, 0.6) is 0 Å². The van der Waals surface area contributed by atoms with Crippen LogP contribution in [-0.4, -0.2) is 58.6 Å². The van der Waals surface area contributed by atoms with Crippen LogP contribution in [0, 0.1) is 0 Å². The van der Waals surface area contributed by atoms with E-state index in [9.17, 15) is 19.5 Å². The third kappa shape index (κ3) is 8.41. The Morgan fingerprint density at radius 1 is 1.34 bits per heavy atom. The molecule has 0 unspecified atom stereocenters. The molecule has 2 N–H and O–H groups in total. The van der Waals surface area contributed by atoms with Gasteiger partial charge in [0, 0.05) is 18.4 Å². The Morgan fingerprint density at radius 3 is 2.72 bits per heavy atom. The predicted molar refractivity (Wildman–Crippen MR) is 117 cm³/mol. The molecule has 8 nitrogen and oxygen atoms in total. The molecule has 1 saturated heterocycles. The second kappa shape index (κ2) is 12.2. The molecular formula is C23H31ClO8. The van der Waals surface area contributed by atoms with Gasteiger partial charge in [0.25, 0.3) is 0 Å². The first-order valence-electron chi connectivity index (χ1n) is 10.7. The summed E-state index contributed by atoms with van der Waals surface area (Å²) in [5, 5.41) is 20.3. The Morgan fingerprint density at radius 2 is 2.06 bits per heavy atom. The number of rotatable bonds is 5. The summed E-state index contributed by atoms with van der Waals surface area (Å²) < 4.78 is 16.9. The third-order valence-corrected chi connectivity index (χ3v) is 5.71. The highest BCUT2D eigenvalue weighted by atomic mass is 35.5. The molecule has 0 aliphatic carbocycles. The van der Waals surface area contributed by atoms with Crippen molar-refractivity contribution < 1.29 is 38.8 Å². The fourth-order valence-electron chi connectivity index (χ4n) is 3.81. The summed E-state index contributed by atoms with van der Waals surface area (Å²) in [5.74, 6) is -2.10. The zero-order valence-corrected chi connectivity index (χ0v) is 19.3. The monoisotopic (exact) mass is 470 g/mol. The molecule has 0 saturated carbocycles. The summed E-state index contributed by atoms with van der Waals surface area (Å²) in [6, 6.07) is 0. The number of hydrogen-bond donors (Lipinski definition) is 2. The van der Waals surface area contributed by atoms with Crippen LogP contribution in [0.25, 0.3) is 0 Å². The maximum atomic E-state index is 12.7. The van der Waals surface area contributed by atoms with Crippen molar-refractivity contribution in [2.45, 2.75) is 89.8 Å². The average Bonchev–Trinajstić information content (AvgIpc) is 3.06. The molecule has 0 aromatic rings. The molecule has 32 heavy (non-hydrogen) atoms. The van der Waals surface area contributed by atoms with Crippen LogP contribution >= 0.6 is 11.6 Å². The van der Waals surface area contributed by atoms with Gasteiger partial charge in [-0.3, -0.25) is 14.4 Å². The molecule has 0 radical (unpaired) electrons. The molecule has 0 aromatic carbocycles. The molecule has 0 spiro atoms. The first-order valence-corrected chi connectivity index (χ1v) is 11.0. The van der Waals surface area contributed by atoms with Crippen molar-refractivity contribution in [1.29, 1.82) is 0 Å². The topological polar surface area (TPSA) is 119 Å². The zero-order valence-electron chi connectivity index (χ0n) is 18.6. The van der Waals surface area contributed by atoms with Crippen LogP contribution in [0.1, 0.15) is 59.3 Å². The Labute approximate surface area is 192 Å². The molecule has 178 valence electrons. The van der Waals surface area contributed by atoms with E-state index >= 15 is 0 Å². The first kappa shape index (κ1) is 26.1. The van der Waals surface area contributed by atoms with Crippen molar-refractivity contribution >= 4 is 29.5 Å². The van der Waals surface area contributed by atoms with Gasteiger partial charge in [0.1, 0.15) is 24.4 Å². The smallest absolute Gasteiger partial charge is 0.310 e. The molecular weight excluding hydrogens is 440 g/mol. The lowest BCUT2D eigenvalue weighted by atomic mass is 10.0. The number of aliphatic hydroxyl groups excluding tert-OH is 1. The van der Waals surface area contributed by atoms with Crippen molar-refractivity contribution in [2.75, 3.05) is 0 Å². The SMILES string of the molecule is CC(=O)O[C@@H]1CC(=O)O[C@@H]2C[C@@H](CC/C(Cl)=C\C/C=C\1C)O[C@H]2[C@H](O)/C=C(\C)CC(=O)O. The van der Waals surface area contributed by atoms with Crippen LogP contribution in [0.4, 0.5) is 0 Å². The van der Waals surface area contributed by atoms with Crippen LogP contribution in [0.3, 0.4) is 0 Å². The summed E-state index contributed by atoms with van der Waals surface area (Å²) >= 11 is 6.32. The quantitative estimate of drug-likeness (QED) is 0.463. The second-order valence-corrected chi connectivity index (χ2v) is 8.72. The number of aliphatic hydroxyl groups is 1. The van der Waals surface area contributed by atoms with Crippen LogP contribution in [0.2, 0.25) is 0 Å². The van der Waals surface area contributed by atoms with Crippen LogP contribution < -0.4 is 0 Å². The minimum absolute atomic E-state index is 0.169. The minimum Gasteiger partial charge on any atom is -0.481 e. The largest absolute Gasteiger partial charge is 0.481 e. The van der Waals surface area contributed by atoms with Gasteiger partial charge in [0.2, 0.25) is 0 Å². The standard InChI is InChI=1S/C23H31ClO8/c1-13(10-21(27)28)9-18(26)23-20-11-17(31-23)8-7-16(24)6-4-5-14(2)19(30-15(3)25)12-22(29)32-20/h5-6,9,17-20,23,26H,4,7-8,10-12H2,1-3H3,(H,27,28)/b13-9+,14-5-,16-6+/t17-,18-,19-,20-,23+/m1/s1. The average molecular weight is 471 g/mol. The molecule has 2 aliphatic heterocycles. The van der Waals surface area contributed by atoms with E-state index < -0.39 is 42.3 Å². The van der Waals surface area contributed by atoms with E-state index in [0.717, 1.165) is 0 Å². The lowest BCUT2D eigenvalue weighted by Gasteiger charge is -2.24. The molecule has 1 fully saturated rings. The van der Waals surface area contributed by atoms with E-state index in [4.69, 9.17) is 30.9 Å². The number of fused-ring (bicyclic) bond motifs is 2. The highest BCUT2D eigenvalue weighted by Gasteiger charge is 2.41. The lowest BCUT2D eigenvalue weighted by molar-refractivity contribution is -0.159. The van der Waals surface area contributed by atoms with Gasteiger partial charge < -0.3 is 24.4 Å². The van der Waals surface area contributed by atoms with Gasteiger partial charge in [0.15, 0.2) is 0 Å². The number of carbonyl (C=O) groups is 3.